The highest BCUT2D eigenvalue weighted by molar-refractivity contribution is 5.82. The molecular weight excluding hydrogens is 170 g/mol. The molecule has 4 nitrogen and oxygen atoms in total. The molecule has 2 atom stereocenters. The SMILES string of the molecule is O=C1C[C@H](COC2CCCCO2)N1. The Morgan fingerprint density at radius 3 is 3.00 bits per heavy atom. The largest absolute Gasteiger partial charge is 0.353 e. The third kappa shape index (κ3) is 2.42. The molecule has 0 aromatic carbocycles. The zero-order chi connectivity index (χ0) is 9.10. The van der Waals surface area contributed by atoms with Crippen LogP contribution in [-0.4, -0.2) is 31.5 Å². The molecule has 0 aliphatic carbocycles. The number of ether oxygens (including phenoxy) is 2. The van der Waals surface area contributed by atoms with Crippen LogP contribution in [0.2, 0.25) is 0 Å². The topological polar surface area (TPSA) is 47.6 Å². The van der Waals surface area contributed by atoms with Crippen LogP contribution in [-0.2, 0) is 14.3 Å². The van der Waals surface area contributed by atoms with Crippen LogP contribution in [0.25, 0.3) is 0 Å². The third-order valence-electron chi connectivity index (χ3n) is 2.42. The highest BCUT2D eigenvalue weighted by atomic mass is 16.7. The highest BCUT2D eigenvalue weighted by Crippen LogP contribution is 2.15. The van der Waals surface area contributed by atoms with Crippen LogP contribution in [0.4, 0.5) is 0 Å². The fraction of sp³-hybridized carbons (Fsp3) is 0.889. The second-order valence-electron chi connectivity index (χ2n) is 3.60. The smallest absolute Gasteiger partial charge is 0.222 e. The van der Waals surface area contributed by atoms with Gasteiger partial charge in [0.15, 0.2) is 6.29 Å². The van der Waals surface area contributed by atoms with E-state index in [1.54, 1.807) is 0 Å². The van der Waals surface area contributed by atoms with Crippen molar-refractivity contribution in [2.45, 2.75) is 38.0 Å². The Kier molecular flexibility index (Phi) is 2.80. The van der Waals surface area contributed by atoms with Crippen LogP contribution in [0.15, 0.2) is 0 Å². The van der Waals surface area contributed by atoms with Crippen molar-refractivity contribution in [1.29, 1.82) is 0 Å². The zero-order valence-corrected chi connectivity index (χ0v) is 7.62. The van der Waals surface area contributed by atoms with Gasteiger partial charge < -0.3 is 14.8 Å². The maximum atomic E-state index is 10.6. The molecule has 2 heterocycles. The van der Waals surface area contributed by atoms with Crippen LogP contribution in [0, 0.1) is 0 Å². The van der Waals surface area contributed by atoms with Crippen molar-refractivity contribution < 1.29 is 14.3 Å². The first-order valence-corrected chi connectivity index (χ1v) is 4.87. The van der Waals surface area contributed by atoms with Gasteiger partial charge in [-0.2, -0.15) is 0 Å². The van der Waals surface area contributed by atoms with Crippen molar-refractivity contribution in [1.82, 2.24) is 5.32 Å². The van der Waals surface area contributed by atoms with E-state index < -0.39 is 0 Å². The van der Waals surface area contributed by atoms with Crippen molar-refractivity contribution >= 4 is 5.91 Å². The minimum atomic E-state index is -0.0359. The fourth-order valence-corrected chi connectivity index (χ4v) is 1.60. The summed E-state index contributed by atoms with van der Waals surface area (Å²) >= 11 is 0. The van der Waals surface area contributed by atoms with Gasteiger partial charge in [0.25, 0.3) is 0 Å². The molecule has 0 bridgehead atoms. The molecule has 1 N–H and O–H groups in total. The van der Waals surface area contributed by atoms with Gasteiger partial charge in [-0.05, 0) is 19.3 Å². The summed E-state index contributed by atoms with van der Waals surface area (Å²) in [7, 11) is 0. The maximum absolute atomic E-state index is 10.6. The molecular formula is C9H15NO3. The Morgan fingerprint density at radius 2 is 2.38 bits per heavy atom. The monoisotopic (exact) mass is 185 g/mol. The van der Waals surface area contributed by atoms with E-state index in [1.165, 1.54) is 6.42 Å². The molecule has 13 heavy (non-hydrogen) atoms. The molecule has 0 radical (unpaired) electrons. The number of carbonyl (C=O) groups excluding carboxylic acids is 1. The van der Waals surface area contributed by atoms with E-state index in [4.69, 9.17) is 9.47 Å². The number of nitrogens with one attached hydrogen (secondary N) is 1. The zero-order valence-electron chi connectivity index (χ0n) is 7.62. The summed E-state index contributed by atoms with van der Waals surface area (Å²) in [6.45, 7) is 1.40. The van der Waals surface area contributed by atoms with Crippen molar-refractivity contribution in [2.24, 2.45) is 0 Å². The first-order chi connectivity index (χ1) is 6.34. The molecule has 0 aromatic rings. The van der Waals surface area contributed by atoms with Crippen LogP contribution >= 0.6 is 0 Å². The summed E-state index contributed by atoms with van der Waals surface area (Å²) in [6.07, 6.45) is 3.88. The van der Waals surface area contributed by atoms with Gasteiger partial charge in [-0.15, -0.1) is 0 Å². The Balaban J connectivity index is 1.59. The summed E-state index contributed by atoms with van der Waals surface area (Å²) in [4.78, 5) is 10.6. The van der Waals surface area contributed by atoms with Gasteiger partial charge in [-0.25, -0.2) is 0 Å². The average Bonchev–Trinajstić information content (AvgIpc) is 2.12. The van der Waals surface area contributed by atoms with Gasteiger partial charge in [0.2, 0.25) is 5.91 Å². The van der Waals surface area contributed by atoms with Crippen LogP contribution in [0.5, 0.6) is 0 Å². The second-order valence-corrected chi connectivity index (χ2v) is 3.60. The van der Waals surface area contributed by atoms with Crippen molar-refractivity contribution in [3.05, 3.63) is 0 Å². The summed E-state index contributed by atoms with van der Waals surface area (Å²) in [5, 5.41) is 2.76. The molecule has 2 aliphatic rings. The number of β-lactam (4-membered cyclic amide) rings is 1. The summed E-state index contributed by atoms with van der Waals surface area (Å²) in [6, 6.07) is 0.220. The normalized spacial score (nSPS) is 33.7. The van der Waals surface area contributed by atoms with E-state index >= 15 is 0 Å². The molecule has 0 aromatic heterocycles. The van der Waals surface area contributed by atoms with E-state index in [0.29, 0.717) is 13.0 Å². The van der Waals surface area contributed by atoms with Crippen molar-refractivity contribution in [3.63, 3.8) is 0 Å². The summed E-state index contributed by atoms with van der Waals surface area (Å²) < 4.78 is 10.9. The minimum Gasteiger partial charge on any atom is -0.353 e. The molecule has 1 amide bonds. The number of carbonyl (C=O) groups is 1. The van der Waals surface area contributed by atoms with Gasteiger partial charge in [0, 0.05) is 13.0 Å². The Morgan fingerprint density at radius 1 is 1.54 bits per heavy atom. The first-order valence-electron chi connectivity index (χ1n) is 4.87. The first kappa shape index (κ1) is 8.97. The quantitative estimate of drug-likeness (QED) is 0.648. The number of rotatable bonds is 3. The average molecular weight is 185 g/mol. The number of hydrogen-bond donors (Lipinski definition) is 1. The summed E-state index contributed by atoms with van der Waals surface area (Å²) in [5.74, 6) is 0.123. The molecule has 0 spiro atoms. The Hall–Kier alpha value is -0.610. The summed E-state index contributed by atoms with van der Waals surface area (Å²) in [5.41, 5.74) is 0. The lowest BCUT2D eigenvalue weighted by molar-refractivity contribution is -0.170. The molecule has 0 saturated carbocycles. The minimum absolute atomic E-state index is 0.0359. The van der Waals surface area contributed by atoms with E-state index in [1.807, 2.05) is 0 Å². The standard InChI is InChI=1S/C9H15NO3/c11-8-5-7(10-8)6-13-9-3-1-2-4-12-9/h7,9H,1-6H2,(H,10,11)/t7-,9?/m1/s1. The molecule has 2 aliphatic heterocycles. The lowest BCUT2D eigenvalue weighted by Gasteiger charge is -2.29. The predicted octanol–water partition coefficient (Wildman–Crippen LogP) is 0.418. The molecule has 2 rings (SSSR count). The van der Waals surface area contributed by atoms with Crippen LogP contribution in [0.1, 0.15) is 25.7 Å². The Labute approximate surface area is 77.6 Å². The van der Waals surface area contributed by atoms with Gasteiger partial charge in [-0.1, -0.05) is 0 Å². The number of hydrogen-bond acceptors (Lipinski definition) is 3. The number of amides is 1. The fourth-order valence-electron chi connectivity index (χ4n) is 1.60. The predicted molar refractivity (Wildman–Crippen MR) is 46.1 cm³/mol. The Bertz CT molecular complexity index is 181. The van der Waals surface area contributed by atoms with Gasteiger partial charge in [-0.3, -0.25) is 4.79 Å². The molecule has 1 unspecified atom stereocenters. The van der Waals surface area contributed by atoms with Gasteiger partial charge >= 0.3 is 0 Å². The van der Waals surface area contributed by atoms with E-state index in [-0.39, 0.29) is 18.2 Å². The molecule has 4 heteroatoms. The second kappa shape index (κ2) is 4.07. The maximum Gasteiger partial charge on any atom is 0.222 e. The van der Waals surface area contributed by atoms with E-state index in [2.05, 4.69) is 5.32 Å². The lowest BCUT2D eigenvalue weighted by Crippen LogP contribution is -2.51. The molecule has 2 fully saturated rings. The molecule has 74 valence electrons. The van der Waals surface area contributed by atoms with Gasteiger partial charge in [0.1, 0.15) is 0 Å². The molecule has 2 saturated heterocycles. The highest BCUT2D eigenvalue weighted by Gasteiger charge is 2.26. The van der Waals surface area contributed by atoms with E-state index in [9.17, 15) is 4.79 Å². The van der Waals surface area contributed by atoms with E-state index in [0.717, 1.165) is 19.4 Å². The lowest BCUT2D eigenvalue weighted by atomic mass is 10.1. The van der Waals surface area contributed by atoms with Crippen LogP contribution in [0.3, 0.4) is 0 Å². The van der Waals surface area contributed by atoms with Crippen molar-refractivity contribution in [2.75, 3.05) is 13.2 Å². The van der Waals surface area contributed by atoms with Gasteiger partial charge in [0.05, 0.1) is 12.6 Å². The van der Waals surface area contributed by atoms with Crippen molar-refractivity contribution in [3.8, 4) is 0 Å². The van der Waals surface area contributed by atoms with Crippen LogP contribution < -0.4 is 5.32 Å². The third-order valence-corrected chi connectivity index (χ3v) is 2.42.